The molecule has 0 N–H and O–H groups in total. The van der Waals surface area contributed by atoms with E-state index in [2.05, 4.69) is 9.97 Å². The molecule has 6 nitrogen and oxygen atoms in total. The third-order valence-electron chi connectivity index (χ3n) is 5.64. The highest BCUT2D eigenvalue weighted by molar-refractivity contribution is 6.33. The van der Waals surface area contributed by atoms with Gasteiger partial charge in [-0.05, 0) is 53.3 Å². The number of halogens is 4. The van der Waals surface area contributed by atoms with E-state index in [-0.39, 0.29) is 22.3 Å². The topological polar surface area (TPSA) is 67.6 Å². The Hall–Kier alpha value is -4.02. The van der Waals surface area contributed by atoms with Gasteiger partial charge in [0.2, 0.25) is 0 Å². The Bertz CT molecular complexity index is 1530. The highest BCUT2D eigenvalue weighted by Gasteiger charge is 2.36. The van der Waals surface area contributed by atoms with E-state index in [1.54, 1.807) is 12.3 Å². The van der Waals surface area contributed by atoms with Crippen molar-refractivity contribution in [3.05, 3.63) is 87.9 Å². The number of rotatable bonds is 2. The summed E-state index contributed by atoms with van der Waals surface area (Å²) in [5, 5.41) is 0. The van der Waals surface area contributed by atoms with E-state index in [9.17, 15) is 22.8 Å². The third-order valence-corrected chi connectivity index (χ3v) is 5.64. The van der Waals surface area contributed by atoms with Crippen molar-refractivity contribution in [2.45, 2.75) is 12.6 Å². The number of benzene rings is 1. The zero-order valence-corrected chi connectivity index (χ0v) is 17.3. The van der Waals surface area contributed by atoms with Crippen LogP contribution < -0.4 is 15.9 Å². The highest BCUT2D eigenvalue weighted by atomic mass is 19.4. The molecule has 1 amide bonds. The summed E-state index contributed by atoms with van der Waals surface area (Å²) >= 11 is 0. The first-order valence-corrected chi connectivity index (χ1v) is 10.1. The van der Waals surface area contributed by atoms with Crippen molar-refractivity contribution in [1.29, 1.82) is 0 Å². The van der Waals surface area contributed by atoms with E-state index >= 15 is 4.39 Å². The quantitative estimate of drug-likeness (QED) is 0.338. The van der Waals surface area contributed by atoms with Crippen molar-refractivity contribution in [2.24, 2.45) is 0 Å². The Kier molecular flexibility index (Phi) is 5.00. The summed E-state index contributed by atoms with van der Waals surface area (Å²) in [6.07, 6.45) is -1.60. The van der Waals surface area contributed by atoms with Crippen LogP contribution in [0, 0.1) is 5.82 Å². The molecule has 168 valence electrons. The summed E-state index contributed by atoms with van der Waals surface area (Å²) in [6, 6.07) is 10.1. The average molecular weight is 464 g/mol. The summed E-state index contributed by atoms with van der Waals surface area (Å²) in [5.41, 5.74) is -3.12. The molecule has 5 rings (SSSR count). The van der Waals surface area contributed by atoms with Gasteiger partial charge >= 0.3 is 6.18 Å². The average Bonchev–Trinajstić information content (AvgIpc) is 3.24. The van der Waals surface area contributed by atoms with Crippen LogP contribution in [0.25, 0.3) is 16.8 Å². The van der Waals surface area contributed by atoms with Gasteiger partial charge in [-0.3, -0.25) is 18.9 Å². The van der Waals surface area contributed by atoms with Gasteiger partial charge in [0.15, 0.2) is 0 Å². The van der Waals surface area contributed by atoms with Crippen LogP contribution in [-0.4, -0.2) is 34.7 Å². The number of nitrogens with zero attached hydrogens (tertiary/aromatic N) is 4. The maximum Gasteiger partial charge on any atom is 0.433 e. The monoisotopic (exact) mass is 464 g/mol. The first-order chi connectivity index (χ1) is 16.2. The fraction of sp³-hybridized carbons (Fsp3) is 0.130. The predicted molar refractivity (Wildman–Crippen MR) is 117 cm³/mol. The second-order valence-corrected chi connectivity index (χ2v) is 7.68. The predicted octanol–water partition coefficient (Wildman–Crippen LogP) is 2.91. The minimum Gasteiger partial charge on any atom is -0.292 e. The number of pyridine rings is 2. The molecule has 4 heterocycles. The zero-order valence-electron chi connectivity index (χ0n) is 17.3. The Morgan fingerprint density at radius 1 is 1.12 bits per heavy atom. The molecule has 0 unspecified atom stereocenters. The standard InChI is InChI=1S/C23H13BF4N4O2/c24-17-18(23(26,27)28)30-20-14(4-2-9-31(20)22(17)34)13-5-6-15(16(25)11-13)21(33)32-10-7-12-3-1-8-29-19(12)32/h1-6,8-9,11H,7,10H2. The van der Waals surface area contributed by atoms with Crippen molar-refractivity contribution < 1.29 is 22.4 Å². The van der Waals surface area contributed by atoms with Crippen LogP contribution in [-0.2, 0) is 12.6 Å². The second-order valence-electron chi connectivity index (χ2n) is 7.68. The molecule has 0 atom stereocenters. The Morgan fingerprint density at radius 3 is 2.65 bits per heavy atom. The number of hydrogen-bond donors (Lipinski definition) is 0. The Labute approximate surface area is 190 Å². The fourth-order valence-electron chi connectivity index (χ4n) is 4.02. The Morgan fingerprint density at radius 2 is 1.91 bits per heavy atom. The maximum absolute atomic E-state index is 15.1. The number of aromatic nitrogens is 3. The number of hydrogen-bond acceptors (Lipinski definition) is 4. The Balaban J connectivity index is 1.59. The number of carbonyl (C=O) groups excluding carboxylic acids is 1. The maximum atomic E-state index is 15.1. The molecule has 4 aromatic rings. The molecule has 0 aliphatic carbocycles. The summed E-state index contributed by atoms with van der Waals surface area (Å²) in [5.74, 6) is -0.991. The van der Waals surface area contributed by atoms with Crippen molar-refractivity contribution >= 4 is 30.7 Å². The van der Waals surface area contributed by atoms with Crippen molar-refractivity contribution in [2.75, 3.05) is 11.4 Å². The smallest absolute Gasteiger partial charge is 0.292 e. The number of fused-ring (bicyclic) bond motifs is 2. The number of anilines is 1. The van der Waals surface area contributed by atoms with Gasteiger partial charge in [0.25, 0.3) is 11.5 Å². The van der Waals surface area contributed by atoms with E-state index in [0.717, 1.165) is 16.0 Å². The number of carbonyl (C=O) groups is 1. The van der Waals surface area contributed by atoms with Crippen LogP contribution >= 0.6 is 0 Å². The summed E-state index contributed by atoms with van der Waals surface area (Å²) < 4.78 is 56.0. The van der Waals surface area contributed by atoms with Gasteiger partial charge in [-0.1, -0.05) is 12.1 Å². The molecule has 2 radical (unpaired) electrons. The van der Waals surface area contributed by atoms with Gasteiger partial charge in [0.1, 0.15) is 30.8 Å². The third kappa shape index (κ3) is 3.44. The lowest BCUT2D eigenvalue weighted by Gasteiger charge is -2.17. The lowest BCUT2D eigenvalue weighted by atomic mass is 9.94. The molecule has 11 heteroatoms. The zero-order chi connectivity index (χ0) is 24.2. The van der Waals surface area contributed by atoms with E-state index in [4.69, 9.17) is 7.85 Å². The molecule has 0 saturated heterocycles. The van der Waals surface area contributed by atoms with Crippen molar-refractivity contribution in [3.8, 4) is 11.1 Å². The van der Waals surface area contributed by atoms with Crippen LogP contribution in [0.1, 0.15) is 21.6 Å². The van der Waals surface area contributed by atoms with Crippen LogP contribution in [0.15, 0.2) is 59.7 Å². The van der Waals surface area contributed by atoms with Crippen molar-refractivity contribution in [3.63, 3.8) is 0 Å². The minimum absolute atomic E-state index is 0.0659. The van der Waals surface area contributed by atoms with Gasteiger partial charge in [-0.15, -0.1) is 0 Å². The van der Waals surface area contributed by atoms with Gasteiger partial charge < -0.3 is 0 Å². The molecule has 0 fully saturated rings. The molecule has 0 saturated carbocycles. The lowest BCUT2D eigenvalue weighted by molar-refractivity contribution is -0.140. The number of alkyl halides is 3. The molecular formula is C23H13BF4N4O2. The first-order valence-electron chi connectivity index (χ1n) is 10.1. The molecule has 1 aromatic carbocycles. The largest absolute Gasteiger partial charge is 0.433 e. The molecule has 0 bridgehead atoms. The SMILES string of the molecule is [B]c1c(C(F)(F)F)nc2c(-c3ccc(C(=O)N4CCc5cccnc54)c(F)c3)cccn2c1=O. The molecule has 1 aliphatic rings. The molecule has 3 aromatic heterocycles. The van der Waals surface area contributed by atoms with Gasteiger partial charge in [0, 0.05) is 24.5 Å². The first kappa shape index (κ1) is 21.8. The second kappa shape index (κ2) is 7.79. The minimum atomic E-state index is -4.95. The fourth-order valence-corrected chi connectivity index (χ4v) is 4.02. The molecule has 0 spiro atoms. The van der Waals surface area contributed by atoms with E-state index in [1.165, 1.54) is 35.4 Å². The van der Waals surface area contributed by atoms with Crippen molar-refractivity contribution in [1.82, 2.24) is 14.4 Å². The molecule has 1 aliphatic heterocycles. The van der Waals surface area contributed by atoms with Gasteiger partial charge in [0.05, 0.1) is 5.56 Å². The molecular weight excluding hydrogens is 451 g/mol. The summed E-state index contributed by atoms with van der Waals surface area (Å²) in [6.45, 7) is 0.351. The summed E-state index contributed by atoms with van der Waals surface area (Å²) in [4.78, 5) is 34.5. The highest BCUT2D eigenvalue weighted by Crippen LogP contribution is 2.31. The van der Waals surface area contributed by atoms with Crippen LogP contribution in [0.2, 0.25) is 0 Å². The van der Waals surface area contributed by atoms with Crippen LogP contribution in [0.3, 0.4) is 0 Å². The molecule has 34 heavy (non-hydrogen) atoms. The number of amides is 1. The normalized spacial score (nSPS) is 13.4. The van der Waals surface area contributed by atoms with Crippen LogP contribution in [0.4, 0.5) is 23.4 Å². The van der Waals surface area contributed by atoms with E-state index in [1.807, 2.05) is 6.07 Å². The van der Waals surface area contributed by atoms with Gasteiger partial charge in [-0.2, -0.15) is 13.2 Å². The van der Waals surface area contributed by atoms with Crippen LogP contribution in [0.5, 0.6) is 0 Å². The lowest BCUT2D eigenvalue weighted by Crippen LogP contribution is -2.38. The van der Waals surface area contributed by atoms with E-state index < -0.39 is 34.6 Å². The van der Waals surface area contributed by atoms with E-state index in [0.29, 0.717) is 18.8 Å². The van der Waals surface area contributed by atoms with Gasteiger partial charge in [-0.25, -0.2) is 14.4 Å². The summed E-state index contributed by atoms with van der Waals surface area (Å²) in [7, 11) is 5.37.